The number of aliphatic hydroxyl groups is 1. The Balaban J connectivity index is 1.49. The minimum Gasteiger partial charge on any atom is -0.392 e. The molecule has 3 aromatic carbocycles. The third-order valence-electron chi connectivity index (χ3n) is 5.05. The van der Waals surface area contributed by atoms with E-state index in [1.165, 1.54) is 11.1 Å². The van der Waals surface area contributed by atoms with Crippen LogP contribution < -0.4 is 5.32 Å². The van der Waals surface area contributed by atoms with Crippen LogP contribution in [-0.2, 0) is 6.61 Å². The van der Waals surface area contributed by atoms with Gasteiger partial charge in [-0.3, -0.25) is 4.90 Å². The van der Waals surface area contributed by atoms with Crippen molar-refractivity contribution in [2.45, 2.75) is 18.7 Å². The predicted octanol–water partition coefficient (Wildman–Crippen LogP) is 4.06. The van der Waals surface area contributed by atoms with Gasteiger partial charge in [0.15, 0.2) is 0 Å². The van der Waals surface area contributed by atoms with E-state index >= 15 is 0 Å². The molecule has 0 bridgehead atoms. The van der Waals surface area contributed by atoms with E-state index < -0.39 is 0 Å². The summed E-state index contributed by atoms with van der Waals surface area (Å²) in [4.78, 5) is 2.50. The van der Waals surface area contributed by atoms with Crippen molar-refractivity contribution < 1.29 is 5.11 Å². The summed E-state index contributed by atoms with van der Waals surface area (Å²) < 4.78 is 0. The highest BCUT2D eigenvalue weighted by Gasteiger charge is 2.34. The summed E-state index contributed by atoms with van der Waals surface area (Å²) in [5, 5.41) is 13.1. The van der Waals surface area contributed by atoms with Gasteiger partial charge in [-0.25, -0.2) is 0 Å². The number of aliphatic hydroxyl groups excluding tert-OH is 1. The van der Waals surface area contributed by atoms with E-state index in [2.05, 4.69) is 70.9 Å². The van der Waals surface area contributed by atoms with Crippen LogP contribution in [0.4, 0.5) is 5.69 Å². The minimum atomic E-state index is 0.0657. The Labute approximate surface area is 154 Å². The van der Waals surface area contributed by atoms with Gasteiger partial charge in [0.05, 0.1) is 18.7 Å². The molecule has 0 aromatic heterocycles. The number of nitrogens with one attached hydrogen (secondary N) is 1. The topological polar surface area (TPSA) is 35.5 Å². The van der Waals surface area contributed by atoms with Gasteiger partial charge in [-0.2, -0.15) is 0 Å². The number of nitrogens with zero attached hydrogens (tertiary/aromatic N) is 1. The SMILES string of the molecule is OCc1ccccc1NC1CN(C(c2ccccc2)c2ccccc2)C1. The first-order valence-electron chi connectivity index (χ1n) is 9.14. The van der Waals surface area contributed by atoms with Gasteiger partial charge in [0.25, 0.3) is 0 Å². The Morgan fingerprint density at radius 1 is 0.808 bits per heavy atom. The first-order valence-corrected chi connectivity index (χ1v) is 9.14. The first kappa shape index (κ1) is 16.8. The maximum atomic E-state index is 9.51. The lowest BCUT2D eigenvalue weighted by molar-refractivity contribution is 0.123. The molecule has 1 fully saturated rings. The number of hydrogen-bond donors (Lipinski definition) is 2. The van der Waals surface area contributed by atoms with Gasteiger partial charge in [-0.1, -0.05) is 78.9 Å². The van der Waals surface area contributed by atoms with Crippen LogP contribution in [0.2, 0.25) is 0 Å². The van der Waals surface area contributed by atoms with Crippen LogP contribution in [0, 0.1) is 0 Å². The standard InChI is InChI=1S/C23H24N2O/c26-17-20-13-7-8-14-22(20)24-21-15-25(16-21)23(18-9-3-1-4-10-18)19-11-5-2-6-12-19/h1-14,21,23-24,26H,15-17H2. The maximum absolute atomic E-state index is 9.51. The van der Waals surface area contributed by atoms with Crippen LogP contribution in [0.1, 0.15) is 22.7 Å². The summed E-state index contributed by atoms with van der Waals surface area (Å²) in [5.41, 5.74) is 4.64. The van der Waals surface area contributed by atoms with Crippen molar-refractivity contribution in [3.8, 4) is 0 Å². The molecule has 1 saturated heterocycles. The van der Waals surface area contributed by atoms with Gasteiger partial charge in [0.1, 0.15) is 0 Å². The summed E-state index contributed by atoms with van der Waals surface area (Å²) >= 11 is 0. The van der Waals surface area contributed by atoms with E-state index in [-0.39, 0.29) is 12.6 Å². The molecule has 0 saturated carbocycles. The molecule has 0 amide bonds. The van der Waals surface area contributed by atoms with Crippen LogP contribution in [0.15, 0.2) is 84.9 Å². The number of anilines is 1. The second kappa shape index (κ2) is 7.73. The lowest BCUT2D eigenvalue weighted by atomic mass is 9.93. The minimum absolute atomic E-state index is 0.0657. The Morgan fingerprint density at radius 2 is 1.35 bits per heavy atom. The molecule has 2 N–H and O–H groups in total. The van der Waals surface area contributed by atoms with Crippen molar-refractivity contribution in [1.29, 1.82) is 0 Å². The molecule has 0 unspecified atom stereocenters. The van der Waals surface area contributed by atoms with Gasteiger partial charge >= 0.3 is 0 Å². The monoisotopic (exact) mass is 344 g/mol. The van der Waals surface area contributed by atoms with Gasteiger partial charge < -0.3 is 10.4 Å². The second-order valence-corrected chi connectivity index (χ2v) is 6.83. The Hall–Kier alpha value is -2.62. The van der Waals surface area contributed by atoms with Crippen molar-refractivity contribution in [3.05, 3.63) is 102 Å². The molecule has 0 spiro atoms. The molecule has 3 nitrogen and oxygen atoms in total. The summed E-state index contributed by atoms with van der Waals surface area (Å²) in [6, 6.07) is 30.1. The molecular formula is C23H24N2O. The lowest BCUT2D eigenvalue weighted by Crippen LogP contribution is -2.56. The Kier molecular flexibility index (Phi) is 5.00. The zero-order valence-electron chi connectivity index (χ0n) is 14.8. The molecule has 132 valence electrons. The van der Waals surface area contributed by atoms with Gasteiger partial charge in [0, 0.05) is 24.3 Å². The van der Waals surface area contributed by atoms with Crippen LogP contribution in [0.3, 0.4) is 0 Å². The van der Waals surface area contributed by atoms with E-state index in [4.69, 9.17) is 0 Å². The van der Waals surface area contributed by atoms with Crippen LogP contribution in [-0.4, -0.2) is 29.1 Å². The number of benzene rings is 3. The number of para-hydroxylation sites is 1. The van der Waals surface area contributed by atoms with Crippen molar-refractivity contribution >= 4 is 5.69 Å². The molecule has 1 aliphatic rings. The Morgan fingerprint density at radius 3 is 1.92 bits per heavy atom. The molecule has 0 atom stereocenters. The Bertz CT molecular complexity index is 790. The van der Waals surface area contributed by atoms with Crippen LogP contribution in [0.5, 0.6) is 0 Å². The third-order valence-corrected chi connectivity index (χ3v) is 5.05. The maximum Gasteiger partial charge on any atom is 0.0701 e. The summed E-state index contributed by atoms with van der Waals surface area (Å²) in [6.07, 6.45) is 0. The van der Waals surface area contributed by atoms with Crippen LogP contribution >= 0.6 is 0 Å². The molecule has 1 aliphatic heterocycles. The second-order valence-electron chi connectivity index (χ2n) is 6.83. The van der Waals surface area contributed by atoms with E-state index in [0.717, 1.165) is 24.3 Å². The quantitative estimate of drug-likeness (QED) is 0.708. The molecule has 0 aliphatic carbocycles. The number of hydrogen-bond acceptors (Lipinski definition) is 3. The highest BCUT2D eigenvalue weighted by molar-refractivity contribution is 5.52. The zero-order chi connectivity index (χ0) is 17.8. The van der Waals surface area contributed by atoms with Gasteiger partial charge in [0.2, 0.25) is 0 Å². The van der Waals surface area contributed by atoms with E-state index in [1.54, 1.807) is 0 Å². The molecule has 3 aromatic rings. The third kappa shape index (κ3) is 3.50. The van der Waals surface area contributed by atoms with E-state index in [9.17, 15) is 5.11 Å². The van der Waals surface area contributed by atoms with Gasteiger partial charge in [-0.05, 0) is 17.2 Å². The molecule has 26 heavy (non-hydrogen) atoms. The largest absolute Gasteiger partial charge is 0.392 e. The van der Waals surface area contributed by atoms with Gasteiger partial charge in [-0.15, -0.1) is 0 Å². The van der Waals surface area contributed by atoms with E-state index in [0.29, 0.717) is 6.04 Å². The normalized spacial score (nSPS) is 15.0. The smallest absolute Gasteiger partial charge is 0.0701 e. The average molecular weight is 344 g/mol. The fraction of sp³-hybridized carbons (Fsp3) is 0.217. The summed E-state index contributed by atoms with van der Waals surface area (Å²) in [6.45, 7) is 2.03. The van der Waals surface area contributed by atoms with Crippen molar-refractivity contribution in [2.75, 3.05) is 18.4 Å². The highest BCUT2D eigenvalue weighted by Crippen LogP contribution is 2.33. The molecule has 1 heterocycles. The lowest BCUT2D eigenvalue weighted by Gasteiger charge is -2.45. The zero-order valence-corrected chi connectivity index (χ0v) is 14.8. The molecule has 0 radical (unpaired) electrons. The van der Waals surface area contributed by atoms with Crippen molar-refractivity contribution in [3.63, 3.8) is 0 Å². The van der Waals surface area contributed by atoms with Crippen molar-refractivity contribution in [1.82, 2.24) is 4.90 Å². The summed E-state index contributed by atoms with van der Waals surface area (Å²) in [7, 11) is 0. The number of rotatable bonds is 6. The molecule has 3 heteroatoms. The number of likely N-dealkylation sites (tertiary alicyclic amines) is 1. The summed E-state index contributed by atoms with van der Waals surface area (Å²) in [5.74, 6) is 0. The molecular weight excluding hydrogens is 320 g/mol. The van der Waals surface area contributed by atoms with Crippen LogP contribution in [0.25, 0.3) is 0 Å². The fourth-order valence-electron chi connectivity index (χ4n) is 3.72. The fourth-order valence-corrected chi connectivity index (χ4v) is 3.72. The van der Waals surface area contributed by atoms with Crippen molar-refractivity contribution in [2.24, 2.45) is 0 Å². The average Bonchev–Trinajstić information content (AvgIpc) is 2.68. The highest BCUT2D eigenvalue weighted by atomic mass is 16.3. The predicted molar refractivity (Wildman–Crippen MR) is 106 cm³/mol. The van der Waals surface area contributed by atoms with E-state index in [1.807, 2.05) is 24.3 Å². The molecule has 4 rings (SSSR count). The first-order chi connectivity index (χ1) is 12.8.